The first-order valence-corrected chi connectivity index (χ1v) is 8.68. The SMILES string of the molecule is OC[C@@]1(O)CO[C@@H](n2cnc3c(NCc4cccc(Cl)c4)ncnc32)[C@@H]1O. The van der Waals surface area contributed by atoms with Gasteiger partial charge in [0.1, 0.15) is 18.0 Å². The Morgan fingerprint density at radius 2 is 2.19 bits per heavy atom. The highest BCUT2D eigenvalue weighted by Crippen LogP contribution is 2.33. The molecule has 0 saturated carbocycles. The van der Waals surface area contributed by atoms with Crippen molar-refractivity contribution >= 4 is 28.6 Å². The van der Waals surface area contributed by atoms with E-state index >= 15 is 0 Å². The lowest BCUT2D eigenvalue weighted by atomic mass is 10.0. The smallest absolute Gasteiger partial charge is 0.167 e. The zero-order valence-electron chi connectivity index (χ0n) is 14.2. The van der Waals surface area contributed by atoms with E-state index in [1.165, 1.54) is 17.2 Å². The summed E-state index contributed by atoms with van der Waals surface area (Å²) in [5.74, 6) is 0.517. The van der Waals surface area contributed by atoms with E-state index in [2.05, 4.69) is 20.3 Å². The molecule has 9 nitrogen and oxygen atoms in total. The van der Waals surface area contributed by atoms with Crippen LogP contribution in [0, 0.1) is 0 Å². The fraction of sp³-hybridized carbons (Fsp3) is 0.353. The molecule has 1 aliphatic rings. The van der Waals surface area contributed by atoms with Gasteiger partial charge in [-0.3, -0.25) is 4.57 Å². The first-order chi connectivity index (χ1) is 13.0. The standard InChI is InChI=1S/C17H18ClN5O4/c18-11-3-1-2-10(4-11)5-19-14-12-15(21-8-20-14)23(9-22-12)16-13(25)17(26,6-24)7-27-16/h1-4,8-9,13,16,24-26H,5-7H2,(H,19,20,21)/t13-,16+,17+/m0/s1. The molecule has 0 radical (unpaired) electrons. The number of hydrogen-bond donors (Lipinski definition) is 4. The van der Waals surface area contributed by atoms with Crippen LogP contribution in [0.25, 0.3) is 11.2 Å². The number of nitrogens with zero attached hydrogens (tertiary/aromatic N) is 4. The van der Waals surface area contributed by atoms with Gasteiger partial charge in [0.2, 0.25) is 0 Å². The third kappa shape index (κ3) is 3.24. The lowest BCUT2D eigenvalue weighted by Gasteiger charge is -2.24. The first-order valence-electron chi connectivity index (χ1n) is 8.30. The van der Waals surface area contributed by atoms with Gasteiger partial charge in [0.15, 0.2) is 23.2 Å². The van der Waals surface area contributed by atoms with E-state index < -0.39 is 24.5 Å². The highest BCUT2D eigenvalue weighted by atomic mass is 35.5. The van der Waals surface area contributed by atoms with Gasteiger partial charge in [0, 0.05) is 11.6 Å². The molecule has 0 spiro atoms. The van der Waals surface area contributed by atoms with Gasteiger partial charge in [0.25, 0.3) is 0 Å². The Morgan fingerprint density at radius 1 is 1.33 bits per heavy atom. The highest BCUT2D eigenvalue weighted by molar-refractivity contribution is 6.30. The van der Waals surface area contributed by atoms with Crippen LogP contribution in [0.2, 0.25) is 5.02 Å². The second-order valence-electron chi connectivity index (χ2n) is 6.44. The van der Waals surface area contributed by atoms with Gasteiger partial charge < -0.3 is 25.4 Å². The van der Waals surface area contributed by atoms with E-state index in [9.17, 15) is 15.3 Å². The Kier molecular flexibility index (Phi) is 4.70. The van der Waals surface area contributed by atoms with Crippen molar-refractivity contribution in [2.45, 2.75) is 24.5 Å². The highest BCUT2D eigenvalue weighted by Gasteiger charge is 2.49. The molecule has 142 valence electrons. The Bertz CT molecular complexity index is 967. The quantitative estimate of drug-likeness (QED) is 0.501. The molecule has 1 fully saturated rings. The molecule has 0 bridgehead atoms. The van der Waals surface area contributed by atoms with E-state index in [-0.39, 0.29) is 6.61 Å². The molecule has 4 rings (SSSR count). The predicted molar refractivity (Wildman–Crippen MR) is 97.1 cm³/mol. The Labute approximate surface area is 159 Å². The zero-order valence-corrected chi connectivity index (χ0v) is 14.9. The molecule has 0 aliphatic carbocycles. The summed E-state index contributed by atoms with van der Waals surface area (Å²) >= 11 is 6.00. The van der Waals surface area contributed by atoms with Crippen LogP contribution in [0.4, 0.5) is 5.82 Å². The van der Waals surface area contributed by atoms with E-state index in [1.54, 1.807) is 6.07 Å². The third-order valence-electron chi connectivity index (χ3n) is 4.58. The van der Waals surface area contributed by atoms with Crippen molar-refractivity contribution in [2.75, 3.05) is 18.5 Å². The first kappa shape index (κ1) is 18.1. The number of imidazole rings is 1. The molecule has 0 unspecified atom stereocenters. The van der Waals surface area contributed by atoms with Crippen LogP contribution < -0.4 is 5.32 Å². The minimum Gasteiger partial charge on any atom is -0.393 e. The molecule has 0 amide bonds. The maximum absolute atomic E-state index is 10.3. The molecule has 2 aromatic heterocycles. The number of rotatable bonds is 5. The number of fused-ring (bicyclic) bond motifs is 1. The molecule has 3 aromatic rings. The summed E-state index contributed by atoms with van der Waals surface area (Å²) in [6.45, 7) is -0.314. The minimum atomic E-state index is -1.72. The number of halogens is 1. The maximum Gasteiger partial charge on any atom is 0.167 e. The second kappa shape index (κ2) is 7.02. The Hall–Kier alpha value is -2.30. The van der Waals surface area contributed by atoms with Crippen molar-refractivity contribution in [1.29, 1.82) is 0 Å². The number of aliphatic hydroxyl groups is 3. The molecular weight excluding hydrogens is 374 g/mol. The van der Waals surface area contributed by atoms with Gasteiger partial charge in [-0.05, 0) is 17.7 Å². The number of anilines is 1. The van der Waals surface area contributed by atoms with Crippen LogP contribution in [0.1, 0.15) is 11.8 Å². The molecular formula is C17H18ClN5O4. The molecule has 1 saturated heterocycles. The average Bonchev–Trinajstić information content (AvgIpc) is 3.22. The normalized spacial score (nSPS) is 25.2. The summed E-state index contributed by atoms with van der Waals surface area (Å²) in [7, 11) is 0. The van der Waals surface area contributed by atoms with Crippen molar-refractivity contribution in [3.8, 4) is 0 Å². The largest absolute Gasteiger partial charge is 0.393 e. The molecule has 1 aliphatic heterocycles. The number of aliphatic hydroxyl groups excluding tert-OH is 2. The monoisotopic (exact) mass is 391 g/mol. The lowest BCUT2D eigenvalue weighted by molar-refractivity contribution is -0.0873. The number of benzene rings is 1. The van der Waals surface area contributed by atoms with Crippen LogP contribution in [0.15, 0.2) is 36.9 Å². The third-order valence-corrected chi connectivity index (χ3v) is 4.82. The van der Waals surface area contributed by atoms with Crippen LogP contribution in [0.3, 0.4) is 0 Å². The fourth-order valence-electron chi connectivity index (χ4n) is 3.04. The Morgan fingerprint density at radius 3 is 2.93 bits per heavy atom. The summed E-state index contributed by atoms with van der Waals surface area (Å²) in [6.07, 6.45) is 0.599. The molecule has 27 heavy (non-hydrogen) atoms. The van der Waals surface area contributed by atoms with Crippen molar-refractivity contribution in [3.05, 3.63) is 47.5 Å². The molecule has 4 N–H and O–H groups in total. The summed E-state index contributed by atoms with van der Waals surface area (Å²) in [6, 6.07) is 7.46. The van der Waals surface area contributed by atoms with Gasteiger partial charge in [-0.15, -0.1) is 0 Å². The predicted octanol–water partition coefficient (Wildman–Crippen LogP) is 0.705. The minimum absolute atomic E-state index is 0.194. The molecule has 1 aromatic carbocycles. The van der Waals surface area contributed by atoms with Crippen molar-refractivity contribution in [3.63, 3.8) is 0 Å². The lowest BCUT2D eigenvalue weighted by Crippen LogP contribution is -2.46. The maximum atomic E-state index is 10.3. The second-order valence-corrected chi connectivity index (χ2v) is 6.87. The Balaban J connectivity index is 1.60. The zero-order chi connectivity index (χ0) is 19.0. The molecule has 3 atom stereocenters. The van der Waals surface area contributed by atoms with Crippen LogP contribution in [0.5, 0.6) is 0 Å². The number of hydrogen-bond acceptors (Lipinski definition) is 8. The van der Waals surface area contributed by atoms with Crippen molar-refractivity contribution in [1.82, 2.24) is 19.5 Å². The summed E-state index contributed by atoms with van der Waals surface area (Å²) in [4.78, 5) is 12.8. The summed E-state index contributed by atoms with van der Waals surface area (Å²) < 4.78 is 6.99. The number of aromatic nitrogens is 4. The van der Waals surface area contributed by atoms with Gasteiger partial charge in [-0.2, -0.15) is 0 Å². The van der Waals surface area contributed by atoms with Gasteiger partial charge in [0.05, 0.1) is 19.5 Å². The average molecular weight is 392 g/mol. The van der Waals surface area contributed by atoms with Crippen LogP contribution in [-0.4, -0.2) is 59.8 Å². The van der Waals surface area contributed by atoms with Gasteiger partial charge >= 0.3 is 0 Å². The van der Waals surface area contributed by atoms with Crippen molar-refractivity contribution in [2.24, 2.45) is 0 Å². The summed E-state index contributed by atoms with van der Waals surface area (Å²) in [5, 5.41) is 33.7. The van der Waals surface area contributed by atoms with E-state index in [4.69, 9.17) is 16.3 Å². The number of nitrogens with one attached hydrogen (secondary N) is 1. The van der Waals surface area contributed by atoms with Gasteiger partial charge in [-0.25, -0.2) is 15.0 Å². The molecule has 3 heterocycles. The van der Waals surface area contributed by atoms with Crippen LogP contribution in [-0.2, 0) is 11.3 Å². The van der Waals surface area contributed by atoms with Crippen LogP contribution >= 0.6 is 11.6 Å². The summed E-state index contributed by atoms with van der Waals surface area (Å²) in [5.41, 5.74) is 0.193. The fourth-order valence-corrected chi connectivity index (χ4v) is 3.26. The van der Waals surface area contributed by atoms with E-state index in [1.807, 2.05) is 18.2 Å². The van der Waals surface area contributed by atoms with E-state index in [0.717, 1.165) is 5.56 Å². The van der Waals surface area contributed by atoms with Crippen molar-refractivity contribution < 1.29 is 20.1 Å². The van der Waals surface area contributed by atoms with E-state index in [0.29, 0.717) is 28.5 Å². The topological polar surface area (TPSA) is 126 Å². The number of ether oxygens (including phenoxy) is 1. The van der Waals surface area contributed by atoms with Gasteiger partial charge in [-0.1, -0.05) is 23.7 Å². The molecule has 10 heteroatoms.